The van der Waals surface area contributed by atoms with E-state index in [4.69, 9.17) is 4.74 Å². The number of hydrogen-bond acceptors (Lipinski definition) is 6. The summed E-state index contributed by atoms with van der Waals surface area (Å²) in [6.07, 6.45) is 0.680. The number of carbonyl (C=O) groups is 1. The standard InChI is InChI=1S/C16H15N5O3S/c22-14(17-12-7-8-24-13-5-2-1-4-11(12)13)10-20-16(23)21(19-18-20)15-6-3-9-25-15/h1-6,9,12H,7-8,10H2,(H,17,22)/t12-/m0/s1. The van der Waals surface area contributed by atoms with Gasteiger partial charge in [0.05, 0.1) is 12.6 Å². The van der Waals surface area contributed by atoms with Crippen molar-refractivity contribution >= 4 is 17.2 Å². The molecule has 128 valence electrons. The summed E-state index contributed by atoms with van der Waals surface area (Å²) in [7, 11) is 0. The number of nitrogens with one attached hydrogen (secondary N) is 1. The zero-order valence-corrected chi connectivity index (χ0v) is 14.0. The molecule has 1 aromatic carbocycles. The Hall–Kier alpha value is -2.94. The molecule has 4 rings (SSSR count). The van der Waals surface area contributed by atoms with Crippen LogP contribution in [0.2, 0.25) is 0 Å². The molecule has 3 aromatic rings. The van der Waals surface area contributed by atoms with Gasteiger partial charge < -0.3 is 10.1 Å². The van der Waals surface area contributed by atoms with Crippen molar-refractivity contribution in [2.75, 3.05) is 6.61 Å². The van der Waals surface area contributed by atoms with Crippen molar-refractivity contribution in [2.45, 2.75) is 19.0 Å². The number of tetrazole rings is 1. The summed E-state index contributed by atoms with van der Waals surface area (Å²) in [5, 5.41) is 13.1. The molecule has 2 aromatic heterocycles. The van der Waals surface area contributed by atoms with Gasteiger partial charge in [-0.2, -0.15) is 9.36 Å². The van der Waals surface area contributed by atoms with Crippen LogP contribution in [0.25, 0.3) is 5.00 Å². The fourth-order valence-electron chi connectivity index (χ4n) is 2.77. The lowest BCUT2D eigenvalue weighted by Crippen LogP contribution is -2.37. The van der Waals surface area contributed by atoms with Gasteiger partial charge in [0.25, 0.3) is 0 Å². The molecule has 8 nitrogen and oxygen atoms in total. The number of nitrogens with zero attached hydrogens (tertiary/aromatic N) is 4. The van der Waals surface area contributed by atoms with E-state index in [9.17, 15) is 9.59 Å². The van der Waals surface area contributed by atoms with Crippen LogP contribution in [0.4, 0.5) is 0 Å². The SMILES string of the molecule is O=C(Cn1nnn(-c2cccs2)c1=O)N[C@H]1CCOc2ccccc21. The van der Waals surface area contributed by atoms with Crippen molar-refractivity contribution < 1.29 is 9.53 Å². The highest BCUT2D eigenvalue weighted by Crippen LogP contribution is 2.31. The second-order valence-electron chi connectivity index (χ2n) is 5.58. The maximum absolute atomic E-state index is 12.4. The Morgan fingerprint density at radius 2 is 2.16 bits per heavy atom. The number of carbonyl (C=O) groups excluding carboxylic acids is 1. The third-order valence-corrected chi connectivity index (χ3v) is 4.79. The molecule has 1 atom stereocenters. The van der Waals surface area contributed by atoms with Crippen LogP contribution in [0, 0.1) is 0 Å². The zero-order valence-electron chi connectivity index (χ0n) is 13.2. The molecule has 0 radical (unpaired) electrons. The van der Waals surface area contributed by atoms with E-state index in [-0.39, 0.29) is 18.5 Å². The number of hydrogen-bond donors (Lipinski definition) is 1. The average Bonchev–Trinajstić information content (AvgIpc) is 3.26. The highest BCUT2D eigenvalue weighted by Gasteiger charge is 2.23. The summed E-state index contributed by atoms with van der Waals surface area (Å²) < 4.78 is 7.82. The predicted molar refractivity (Wildman–Crippen MR) is 90.9 cm³/mol. The molecule has 1 aliphatic heterocycles. The molecule has 1 amide bonds. The monoisotopic (exact) mass is 357 g/mol. The topological polar surface area (TPSA) is 91.0 Å². The minimum absolute atomic E-state index is 0.138. The van der Waals surface area contributed by atoms with E-state index < -0.39 is 5.69 Å². The minimum Gasteiger partial charge on any atom is -0.493 e. The summed E-state index contributed by atoms with van der Waals surface area (Å²) in [4.78, 5) is 24.7. The summed E-state index contributed by atoms with van der Waals surface area (Å²) >= 11 is 1.38. The average molecular weight is 357 g/mol. The van der Waals surface area contributed by atoms with Crippen molar-refractivity contribution in [3.05, 3.63) is 57.8 Å². The van der Waals surface area contributed by atoms with Gasteiger partial charge in [-0.3, -0.25) is 4.79 Å². The third-order valence-electron chi connectivity index (χ3n) is 3.94. The smallest absolute Gasteiger partial charge is 0.369 e. The molecule has 0 fully saturated rings. The van der Waals surface area contributed by atoms with E-state index in [1.807, 2.05) is 35.7 Å². The van der Waals surface area contributed by atoms with E-state index in [0.29, 0.717) is 18.0 Å². The first-order chi connectivity index (χ1) is 12.2. The van der Waals surface area contributed by atoms with Crippen LogP contribution < -0.4 is 15.7 Å². The Kier molecular flexibility index (Phi) is 4.06. The predicted octanol–water partition coefficient (Wildman–Crippen LogP) is 1.13. The first kappa shape index (κ1) is 15.6. The molecule has 1 aliphatic rings. The molecule has 25 heavy (non-hydrogen) atoms. The van der Waals surface area contributed by atoms with Crippen LogP contribution in [-0.4, -0.2) is 32.3 Å². The number of amides is 1. The van der Waals surface area contributed by atoms with Crippen LogP contribution in [0.5, 0.6) is 5.75 Å². The van der Waals surface area contributed by atoms with Gasteiger partial charge >= 0.3 is 5.69 Å². The largest absolute Gasteiger partial charge is 0.493 e. The molecule has 0 bridgehead atoms. The Morgan fingerprint density at radius 1 is 1.28 bits per heavy atom. The van der Waals surface area contributed by atoms with E-state index in [1.165, 1.54) is 16.0 Å². The fourth-order valence-corrected chi connectivity index (χ4v) is 3.44. The van der Waals surface area contributed by atoms with E-state index in [0.717, 1.165) is 16.0 Å². The van der Waals surface area contributed by atoms with Gasteiger partial charge in [-0.1, -0.05) is 18.2 Å². The Balaban J connectivity index is 1.48. The summed E-state index contributed by atoms with van der Waals surface area (Å²) in [6.45, 7) is 0.361. The van der Waals surface area contributed by atoms with Gasteiger partial charge in [-0.15, -0.1) is 11.3 Å². The lowest BCUT2D eigenvalue weighted by molar-refractivity contribution is -0.122. The number of aromatic nitrogens is 4. The number of benzene rings is 1. The Morgan fingerprint density at radius 3 is 3.00 bits per heavy atom. The second-order valence-corrected chi connectivity index (χ2v) is 6.50. The number of para-hydroxylation sites is 1. The van der Waals surface area contributed by atoms with Crippen LogP contribution in [0.1, 0.15) is 18.0 Å². The number of rotatable bonds is 4. The van der Waals surface area contributed by atoms with Crippen molar-refractivity contribution in [1.29, 1.82) is 0 Å². The number of ether oxygens (including phenoxy) is 1. The molecule has 0 aliphatic carbocycles. The first-order valence-corrected chi connectivity index (χ1v) is 8.68. The maximum atomic E-state index is 12.4. The molecule has 0 saturated heterocycles. The molecule has 9 heteroatoms. The number of thiophene rings is 1. The maximum Gasteiger partial charge on any atom is 0.369 e. The molecule has 0 unspecified atom stereocenters. The normalized spacial score (nSPS) is 16.1. The zero-order chi connectivity index (χ0) is 17.2. The lowest BCUT2D eigenvalue weighted by Gasteiger charge is -2.26. The Labute approximate surface area is 146 Å². The highest BCUT2D eigenvalue weighted by atomic mass is 32.1. The second kappa shape index (κ2) is 6.52. The van der Waals surface area contributed by atoms with Crippen molar-refractivity contribution in [3.8, 4) is 10.8 Å². The van der Waals surface area contributed by atoms with Crippen molar-refractivity contribution in [2.24, 2.45) is 0 Å². The quantitative estimate of drug-likeness (QED) is 0.756. The fraction of sp³-hybridized carbons (Fsp3) is 0.250. The van der Waals surface area contributed by atoms with Crippen LogP contribution in [-0.2, 0) is 11.3 Å². The van der Waals surface area contributed by atoms with Crippen LogP contribution in [0.3, 0.4) is 0 Å². The van der Waals surface area contributed by atoms with Gasteiger partial charge in [0.1, 0.15) is 17.3 Å². The van der Waals surface area contributed by atoms with E-state index in [2.05, 4.69) is 15.7 Å². The van der Waals surface area contributed by atoms with Crippen LogP contribution in [0.15, 0.2) is 46.6 Å². The molecule has 0 saturated carbocycles. The summed E-state index contributed by atoms with van der Waals surface area (Å²) in [5.74, 6) is 0.488. The van der Waals surface area contributed by atoms with Gasteiger partial charge in [0, 0.05) is 12.0 Å². The van der Waals surface area contributed by atoms with Crippen molar-refractivity contribution in [3.63, 3.8) is 0 Å². The lowest BCUT2D eigenvalue weighted by atomic mass is 10.0. The van der Waals surface area contributed by atoms with Crippen molar-refractivity contribution in [1.82, 2.24) is 25.1 Å². The van der Waals surface area contributed by atoms with E-state index >= 15 is 0 Å². The van der Waals surface area contributed by atoms with Gasteiger partial charge in [0.15, 0.2) is 0 Å². The van der Waals surface area contributed by atoms with Crippen LogP contribution >= 0.6 is 11.3 Å². The van der Waals surface area contributed by atoms with Gasteiger partial charge in [-0.05, 0) is 34.0 Å². The molecular formula is C16H15N5O3S. The molecule has 1 N–H and O–H groups in total. The Bertz CT molecular complexity index is 947. The molecular weight excluding hydrogens is 342 g/mol. The molecule has 0 spiro atoms. The minimum atomic E-state index is -0.440. The van der Waals surface area contributed by atoms with Gasteiger partial charge in [0.2, 0.25) is 5.91 Å². The first-order valence-electron chi connectivity index (χ1n) is 7.80. The van der Waals surface area contributed by atoms with Gasteiger partial charge in [-0.25, -0.2) is 4.79 Å². The molecule has 3 heterocycles. The summed E-state index contributed by atoms with van der Waals surface area (Å²) in [5.41, 5.74) is 0.502. The third kappa shape index (κ3) is 3.05. The number of fused-ring (bicyclic) bond motifs is 1. The van der Waals surface area contributed by atoms with E-state index in [1.54, 1.807) is 6.07 Å². The highest BCUT2D eigenvalue weighted by molar-refractivity contribution is 7.12. The summed E-state index contributed by atoms with van der Waals surface area (Å²) in [6, 6.07) is 11.1.